The molecule has 8 heteroatoms. The van der Waals surface area contributed by atoms with Gasteiger partial charge >= 0.3 is 0 Å². The lowest BCUT2D eigenvalue weighted by Crippen LogP contribution is -1.92. The summed E-state index contributed by atoms with van der Waals surface area (Å²) >= 11 is 25.9. The number of rotatable bonds is 5. The first-order chi connectivity index (χ1) is 15.3. The molecule has 0 fully saturated rings. The van der Waals surface area contributed by atoms with Gasteiger partial charge in [0.2, 0.25) is 0 Å². The Morgan fingerprint density at radius 3 is 1.16 bits per heavy atom. The van der Waals surface area contributed by atoms with Gasteiger partial charge in [0.1, 0.15) is 11.5 Å². The van der Waals surface area contributed by atoms with E-state index in [9.17, 15) is 0 Å². The van der Waals surface area contributed by atoms with Gasteiger partial charge < -0.3 is 20.9 Å². The summed E-state index contributed by atoms with van der Waals surface area (Å²) in [6, 6.07) is 20.8. The molecule has 0 aliphatic carbocycles. The van der Waals surface area contributed by atoms with Gasteiger partial charge in [0, 0.05) is 23.5 Å². The van der Waals surface area contributed by atoms with Crippen LogP contribution in [0.25, 0.3) is 11.1 Å². The van der Waals surface area contributed by atoms with Gasteiger partial charge in [-0.15, -0.1) is 0 Å². The van der Waals surface area contributed by atoms with E-state index in [4.69, 9.17) is 67.3 Å². The van der Waals surface area contributed by atoms with Crippen LogP contribution in [-0.2, 0) is 0 Å². The second kappa shape index (κ2) is 9.39. The third-order valence-corrected chi connectivity index (χ3v) is 5.61. The Labute approximate surface area is 205 Å². The highest BCUT2D eigenvalue weighted by Crippen LogP contribution is 2.44. The fourth-order valence-corrected chi connectivity index (χ4v) is 4.17. The highest BCUT2D eigenvalue weighted by molar-refractivity contribution is 6.38. The van der Waals surface area contributed by atoms with Crippen molar-refractivity contribution >= 4 is 57.8 Å². The molecule has 32 heavy (non-hydrogen) atoms. The standard InChI is InChI=1S/C24H16Cl4N2O2/c25-19-7-13(8-20(26)23(19)31-17-5-1-3-15(29)11-17)14-9-21(27)24(22(28)10-14)32-18-6-2-4-16(30)12-18/h1-12H,29-30H2. The average Bonchev–Trinajstić information content (AvgIpc) is 2.73. The highest BCUT2D eigenvalue weighted by atomic mass is 35.5. The number of nitrogens with two attached hydrogens (primary N) is 2. The van der Waals surface area contributed by atoms with Crippen LogP contribution in [-0.4, -0.2) is 0 Å². The van der Waals surface area contributed by atoms with Crippen molar-refractivity contribution in [3.63, 3.8) is 0 Å². The molecule has 0 amide bonds. The van der Waals surface area contributed by atoms with Crippen molar-refractivity contribution in [2.45, 2.75) is 0 Å². The van der Waals surface area contributed by atoms with E-state index in [1.54, 1.807) is 72.8 Å². The first-order valence-corrected chi connectivity index (χ1v) is 10.9. The van der Waals surface area contributed by atoms with Crippen LogP contribution in [0.1, 0.15) is 0 Å². The molecule has 162 valence electrons. The van der Waals surface area contributed by atoms with Crippen molar-refractivity contribution in [2.75, 3.05) is 11.5 Å². The lowest BCUT2D eigenvalue weighted by molar-refractivity contribution is 0.483. The van der Waals surface area contributed by atoms with E-state index in [1.165, 1.54) is 0 Å². The van der Waals surface area contributed by atoms with Crippen molar-refractivity contribution in [3.8, 4) is 34.1 Å². The Morgan fingerprint density at radius 2 is 0.844 bits per heavy atom. The first kappa shape index (κ1) is 22.4. The van der Waals surface area contributed by atoms with E-state index in [1.807, 2.05) is 0 Å². The summed E-state index contributed by atoms with van der Waals surface area (Å²) in [6.45, 7) is 0. The predicted molar refractivity (Wildman–Crippen MR) is 134 cm³/mol. The largest absolute Gasteiger partial charge is 0.454 e. The monoisotopic (exact) mass is 504 g/mol. The molecule has 0 saturated carbocycles. The molecule has 0 saturated heterocycles. The fraction of sp³-hybridized carbons (Fsp3) is 0. The summed E-state index contributed by atoms with van der Waals surface area (Å²) in [7, 11) is 0. The summed E-state index contributed by atoms with van der Waals surface area (Å²) in [5.74, 6) is 1.69. The summed E-state index contributed by atoms with van der Waals surface area (Å²) in [4.78, 5) is 0. The third kappa shape index (κ3) is 5.00. The van der Waals surface area contributed by atoms with Crippen LogP contribution >= 0.6 is 46.4 Å². The van der Waals surface area contributed by atoms with Gasteiger partial charge in [-0.05, 0) is 59.7 Å². The van der Waals surface area contributed by atoms with E-state index in [2.05, 4.69) is 0 Å². The van der Waals surface area contributed by atoms with Crippen molar-refractivity contribution in [1.82, 2.24) is 0 Å². The van der Waals surface area contributed by atoms with Gasteiger partial charge in [0.15, 0.2) is 11.5 Å². The van der Waals surface area contributed by atoms with Crippen molar-refractivity contribution < 1.29 is 9.47 Å². The quantitative estimate of drug-likeness (QED) is 0.266. The van der Waals surface area contributed by atoms with Gasteiger partial charge in [-0.25, -0.2) is 0 Å². The number of anilines is 2. The maximum absolute atomic E-state index is 6.46. The molecule has 0 heterocycles. The van der Waals surface area contributed by atoms with Crippen molar-refractivity contribution in [3.05, 3.63) is 92.9 Å². The van der Waals surface area contributed by atoms with Crippen LogP contribution in [0.3, 0.4) is 0 Å². The smallest absolute Gasteiger partial charge is 0.164 e. The van der Waals surface area contributed by atoms with Crippen LogP contribution in [0.2, 0.25) is 20.1 Å². The third-order valence-electron chi connectivity index (χ3n) is 4.49. The Hall–Kier alpha value is -2.76. The number of ether oxygens (including phenoxy) is 2. The zero-order chi connectivity index (χ0) is 22.8. The number of hydrogen-bond acceptors (Lipinski definition) is 4. The maximum atomic E-state index is 6.46. The van der Waals surface area contributed by atoms with Gasteiger partial charge in [0.25, 0.3) is 0 Å². The Kier molecular flexibility index (Phi) is 6.58. The molecule has 0 bridgehead atoms. The summed E-state index contributed by atoms with van der Waals surface area (Å²) in [5, 5.41) is 1.29. The first-order valence-electron chi connectivity index (χ1n) is 9.35. The molecule has 4 rings (SSSR count). The molecule has 0 aliphatic rings. The molecule has 0 radical (unpaired) electrons. The van der Waals surface area contributed by atoms with Crippen LogP contribution in [0.5, 0.6) is 23.0 Å². The number of nitrogen functional groups attached to an aromatic ring is 2. The molecule has 4 nitrogen and oxygen atoms in total. The average molecular weight is 506 g/mol. The van der Waals surface area contributed by atoms with Gasteiger partial charge in [0.05, 0.1) is 20.1 Å². The molecule has 0 aromatic heterocycles. The summed E-state index contributed by atoms with van der Waals surface area (Å²) in [5.41, 5.74) is 14.1. The van der Waals surface area contributed by atoms with E-state index in [0.717, 1.165) is 0 Å². The van der Waals surface area contributed by atoms with E-state index in [0.29, 0.717) is 65.6 Å². The zero-order valence-corrected chi connectivity index (χ0v) is 19.4. The number of hydrogen-bond donors (Lipinski definition) is 2. The molecule has 4 N–H and O–H groups in total. The number of benzene rings is 4. The minimum Gasteiger partial charge on any atom is -0.454 e. The second-order valence-corrected chi connectivity index (χ2v) is 8.52. The topological polar surface area (TPSA) is 70.5 Å². The van der Waals surface area contributed by atoms with Crippen LogP contribution in [0.15, 0.2) is 72.8 Å². The Morgan fingerprint density at radius 1 is 0.500 bits per heavy atom. The van der Waals surface area contributed by atoms with Gasteiger partial charge in [-0.2, -0.15) is 0 Å². The van der Waals surface area contributed by atoms with Crippen molar-refractivity contribution in [2.24, 2.45) is 0 Å². The van der Waals surface area contributed by atoms with E-state index < -0.39 is 0 Å². The molecule has 4 aromatic carbocycles. The second-order valence-electron chi connectivity index (χ2n) is 6.89. The highest BCUT2D eigenvalue weighted by Gasteiger charge is 2.16. The molecular formula is C24H16Cl4N2O2. The Bertz CT molecular complexity index is 1160. The molecule has 0 unspecified atom stereocenters. The SMILES string of the molecule is Nc1cccc(Oc2c(Cl)cc(-c3cc(Cl)c(Oc4cccc(N)c4)c(Cl)c3)cc2Cl)c1. The van der Waals surface area contributed by atoms with Crippen molar-refractivity contribution in [1.29, 1.82) is 0 Å². The van der Waals surface area contributed by atoms with Crippen LogP contribution in [0.4, 0.5) is 11.4 Å². The molecule has 4 aromatic rings. The molecular weight excluding hydrogens is 490 g/mol. The number of halogens is 4. The lowest BCUT2D eigenvalue weighted by Gasteiger charge is -2.14. The molecule has 0 atom stereocenters. The predicted octanol–water partition coefficient (Wildman–Crippen LogP) is 8.72. The normalized spacial score (nSPS) is 10.8. The Balaban J connectivity index is 1.65. The summed E-state index contributed by atoms with van der Waals surface area (Å²) in [6.07, 6.45) is 0. The minimum atomic E-state index is 0.321. The van der Waals surface area contributed by atoms with Gasteiger partial charge in [-0.1, -0.05) is 58.5 Å². The van der Waals surface area contributed by atoms with Crippen LogP contribution < -0.4 is 20.9 Å². The molecule has 0 aliphatic heterocycles. The fourth-order valence-electron chi connectivity index (χ4n) is 3.04. The van der Waals surface area contributed by atoms with Gasteiger partial charge in [-0.3, -0.25) is 0 Å². The zero-order valence-electron chi connectivity index (χ0n) is 16.4. The lowest BCUT2D eigenvalue weighted by atomic mass is 10.1. The maximum Gasteiger partial charge on any atom is 0.164 e. The summed E-state index contributed by atoms with van der Waals surface area (Å²) < 4.78 is 11.7. The molecule has 0 spiro atoms. The minimum absolute atomic E-state index is 0.321. The van der Waals surface area contributed by atoms with E-state index >= 15 is 0 Å². The van der Waals surface area contributed by atoms with Crippen LogP contribution in [0, 0.1) is 0 Å². The van der Waals surface area contributed by atoms with E-state index in [-0.39, 0.29) is 0 Å².